The molecular formula is C23H31FN4O. The largest absolute Gasteiger partial charge is 0.332 e. The number of aromatic nitrogens is 2. The van der Waals surface area contributed by atoms with E-state index in [-0.39, 0.29) is 29.7 Å². The van der Waals surface area contributed by atoms with Gasteiger partial charge in [-0.2, -0.15) is 5.10 Å². The van der Waals surface area contributed by atoms with Crippen LogP contribution in [0.5, 0.6) is 0 Å². The molecule has 2 aromatic rings. The lowest BCUT2D eigenvalue weighted by molar-refractivity contribution is 0.0581. The Morgan fingerprint density at radius 3 is 2.79 bits per heavy atom. The van der Waals surface area contributed by atoms with Gasteiger partial charge in [0.25, 0.3) is 5.91 Å². The van der Waals surface area contributed by atoms with Crippen molar-refractivity contribution in [2.75, 3.05) is 20.1 Å². The van der Waals surface area contributed by atoms with Crippen LogP contribution in [-0.2, 0) is 0 Å². The third kappa shape index (κ3) is 3.95. The molecule has 0 saturated carbocycles. The average molecular weight is 399 g/mol. The van der Waals surface area contributed by atoms with E-state index in [2.05, 4.69) is 36.0 Å². The molecule has 5 nitrogen and oxygen atoms in total. The third-order valence-corrected chi connectivity index (χ3v) is 6.59. The van der Waals surface area contributed by atoms with Crippen molar-refractivity contribution < 1.29 is 9.18 Å². The Bertz CT molecular complexity index is 864. The van der Waals surface area contributed by atoms with Gasteiger partial charge in [-0.1, -0.05) is 38.8 Å². The first-order chi connectivity index (χ1) is 14.0. The summed E-state index contributed by atoms with van der Waals surface area (Å²) in [6.07, 6.45) is 4.36. The number of aromatic amines is 1. The molecule has 1 aromatic heterocycles. The van der Waals surface area contributed by atoms with Crippen molar-refractivity contribution >= 4 is 5.91 Å². The molecular weight excluding hydrogens is 367 g/mol. The van der Waals surface area contributed by atoms with E-state index in [4.69, 9.17) is 0 Å². The molecule has 0 radical (unpaired) electrons. The quantitative estimate of drug-likeness (QED) is 0.845. The Labute approximate surface area is 172 Å². The van der Waals surface area contributed by atoms with Crippen LogP contribution in [0.15, 0.2) is 30.3 Å². The van der Waals surface area contributed by atoms with Crippen molar-refractivity contribution in [2.24, 2.45) is 0 Å². The van der Waals surface area contributed by atoms with Crippen LogP contribution in [0.3, 0.4) is 0 Å². The zero-order valence-electron chi connectivity index (χ0n) is 17.6. The summed E-state index contributed by atoms with van der Waals surface area (Å²) in [7, 11) is 2.13. The van der Waals surface area contributed by atoms with E-state index in [1.54, 1.807) is 12.1 Å². The van der Waals surface area contributed by atoms with Crippen molar-refractivity contribution in [3.8, 4) is 0 Å². The van der Waals surface area contributed by atoms with Crippen molar-refractivity contribution in [1.29, 1.82) is 0 Å². The topological polar surface area (TPSA) is 52.2 Å². The number of likely N-dealkylation sites (N-methyl/N-ethyl adjacent to an activating group) is 1. The van der Waals surface area contributed by atoms with Gasteiger partial charge in [0.1, 0.15) is 11.5 Å². The number of likely N-dealkylation sites (tertiary alicyclic amines) is 2. The van der Waals surface area contributed by atoms with Gasteiger partial charge >= 0.3 is 0 Å². The number of halogens is 1. The SMILES string of the molecule is CC(C)c1cc(C(=O)N2CCCCC[C@@H]3[C@@H]2[C@H](c2cccc(F)c2)CN3C)n[nH]1. The van der Waals surface area contributed by atoms with Crippen LogP contribution in [0.2, 0.25) is 0 Å². The lowest BCUT2D eigenvalue weighted by Crippen LogP contribution is -2.50. The first kappa shape index (κ1) is 20.1. The maximum absolute atomic E-state index is 14.0. The van der Waals surface area contributed by atoms with Crippen LogP contribution in [0.25, 0.3) is 0 Å². The summed E-state index contributed by atoms with van der Waals surface area (Å²) in [5.74, 6) is 0.168. The molecule has 3 atom stereocenters. The molecule has 6 heteroatoms. The number of benzene rings is 1. The number of carbonyl (C=O) groups is 1. The minimum atomic E-state index is -0.216. The van der Waals surface area contributed by atoms with Gasteiger partial charge in [-0.05, 0) is 49.6 Å². The number of nitrogens with one attached hydrogen (secondary N) is 1. The van der Waals surface area contributed by atoms with Crippen LogP contribution < -0.4 is 0 Å². The molecule has 1 amide bonds. The van der Waals surface area contributed by atoms with Gasteiger partial charge in [0.2, 0.25) is 0 Å². The van der Waals surface area contributed by atoms with Crippen LogP contribution in [-0.4, -0.2) is 58.1 Å². The summed E-state index contributed by atoms with van der Waals surface area (Å²) in [5.41, 5.74) is 2.44. The molecule has 1 aromatic carbocycles. The molecule has 2 saturated heterocycles. The highest BCUT2D eigenvalue weighted by atomic mass is 19.1. The first-order valence-electron chi connectivity index (χ1n) is 10.8. The van der Waals surface area contributed by atoms with Gasteiger partial charge in [0.15, 0.2) is 0 Å². The van der Waals surface area contributed by atoms with Crippen LogP contribution in [0.1, 0.15) is 73.1 Å². The lowest BCUT2D eigenvalue weighted by atomic mass is 9.86. The fraction of sp³-hybridized carbons (Fsp3) is 0.565. The van der Waals surface area contributed by atoms with E-state index in [1.807, 2.05) is 17.0 Å². The minimum Gasteiger partial charge on any atom is -0.332 e. The minimum absolute atomic E-state index is 0.0123. The van der Waals surface area contributed by atoms with E-state index >= 15 is 0 Å². The molecule has 1 N–H and O–H groups in total. The zero-order valence-corrected chi connectivity index (χ0v) is 17.6. The molecule has 29 heavy (non-hydrogen) atoms. The van der Waals surface area contributed by atoms with Crippen LogP contribution >= 0.6 is 0 Å². The third-order valence-electron chi connectivity index (χ3n) is 6.59. The van der Waals surface area contributed by atoms with Crippen molar-refractivity contribution in [3.63, 3.8) is 0 Å². The summed E-state index contributed by atoms with van der Waals surface area (Å²) in [5, 5.41) is 7.34. The fourth-order valence-corrected chi connectivity index (χ4v) is 5.03. The van der Waals surface area contributed by atoms with E-state index in [9.17, 15) is 9.18 Å². The number of H-pyrrole nitrogens is 1. The molecule has 3 heterocycles. The molecule has 0 bridgehead atoms. The molecule has 2 fully saturated rings. The molecule has 156 valence electrons. The summed E-state index contributed by atoms with van der Waals surface area (Å²) in [6, 6.07) is 9.10. The van der Waals surface area contributed by atoms with E-state index in [0.717, 1.165) is 43.6 Å². The van der Waals surface area contributed by atoms with Crippen molar-refractivity contribution in [1.82, 2.24) is 20.0 Å². The summed E-state index contributed by atoms with van der Waals surface area (Å²) >= 11 is 0. The number of hydrogen-bond donors (Lipinski definition) is 1. The number of fused-ring (bicyclic) bond motifs is 1. The van der Waals surface area contributed by atoms with Gasteiger partial charge in [-0.15, -0.1) is 0 Å². The van der Waals surface area contributed by atoms with E-state index < -0.39 is 0 Å². The van der Waals surface area contributed by atoms with Gasteiger partial charge < -0.3 is 9.80 Å². The standard InChI is InChI=1S/C23H31FN4O/c1-15(2)19-13-20(26-25-19)23(29)28-11-6-4-5-10-21-22(28)18(14-27(21)3)16-8-7-9-17(24)12-16/h7-9,12-13,15,18,21-22H,4-6,10-11,14H2,1-3H3,(H,25,26)/t18-,21+,22-/m0/s1. The summed E-state index contributed by atoms with van der Waals surface area (Å²) < 4.78 is 14.0. The Morgan fingerprint density at radius 1 is 1.24 bits per heavy atom. The van der Waals surface area contributed by atoms with Gasteiger partial charge in [-0.25, -0.2) is 4.39 Å². The van der Waals surface area contributed by atoms with Crippen molar-refractivity contribution in [3.05, 3.63) is 53.1 Å². The Morgan fingerprint density at radius 2 is 2.07 bits per heavy atom. The Kier molecular flexibility index (Phi) is 5.72. The number of nitrogens with zero attached hydrogens (tertiary/aromatic N) is 3. The van der Waals surface area contributed by atoms with Gasteiger partial charge in [0, 0.05) is 30.7 Å². The Hall–Kier alpha value is -2.21. The summed E-state index contributed by atoms with van der Waals surface area (Å²) in [4.78, 5) is 17.9. The first-order valence-corrected chi connectivity index (χ1v) is 10.8. The van der Waals surface area contributed by atoms with Crippen LogP contribution in [0, 0.1) is 5.82 Å². The fourth-order valence-electron chi connectivity index (χ4n) is 5.03. The normalized spacial score (nSPS) is 25.7. The second-order valence-electron chi connectivity index (χ2n) is 8.87. The smallest absolute Gasteiger partial charge is 0.274 e. The molecule has 0 spiro atoms. The molecule has 2 aliphatic rings. The predicted molar refractivity (Wildman–Crippen MR) is 112 cm³/mol. The molecule has 4 rings (SSSR count). The average Bonchev–Trinajstić information content (AvgIpc) is 3.27. The van der Waals surface area contributed by atoms with Gasteiger partial charge in [-0.3, -0.25) is 9.89 Å². The summed E-state index contributed by atoms with van der Waals surface area (Å²) in [6.45, 7) is 5.73. The van der Waals surface area contributed by atoms with E-state index in [0.29, 0.717) is 11.6 Å². The maximum Gasteiger partial charge on any atom is 0.274 e. The molecule has 2 aliphatic heterocycles. The highest BCUT2D eigenvalue weighted by Gasteiger charge is 2.46. The van der Waals surface area contributed by atoms with E-state index in [1.165, 1.54) is 12.5 Å². The maximum atomic E-state index is 14.0. The number of rotatable bonds is 3. The Balaban J connectivity index is 1.70. The number of carbonyl (C=O) groups excluding carboxylic acids is 1. The second kappa shape index (κ2) is 8.27. The van der Waals surface area contributed by atoms with Crippen LogP contribution in [0.4, 0.5) is 4.39 Å². The van der Waals surface area contributed by atoms with Crippen molar-refractivity contribution in [2.45, 2.75) is 63.5 Å². The van der Waals surface area contributed by atoms with Gasteiger partial charge in [0.05, 0.1) is 6.04 Å². The molecule has 0 unspecified atom stereocenters. The molecule has 0 aliphatic carbocycles. The monoisotopic (exact) mass is 398 g/mol. The highest BCUT2D eigenvalue weighted by Crippen LogP contribution is 2.39. The highest BCUT2D eigenvalue weighted by molar-refractivity contribution is 5.92. The number of amides is 1. The predicted octanol–water partition coefficient (Wildman–Crippen LogP) is 4.15. The lowest BCUT2D eigenvalue weighted by Gasteiger charge is -2.38. The second-order valence-corrected chi connectivity index (χ2v) is 8.87. The zero-order chi connectivity index (χ0) is 20.5. The number of hydrogen-bond acceptors (Lipinski definition) is 3.